The SMILES string of the molecule is CN(C)c1cc(-c2ncc(F)c(=O)[nH]2)nn1Cc1ccccc1F.CN(C)c1cc(C(=N)N)nn1Cc1ccccc1F. The fourth-order valence-corrected chi connectivity index (χ4v) is 4.10. The third kappa shape index (κ3) is 7.28. The number of amidine groups is 1. The molecular weight excluding hydrogens is 561 g/mol. The van der Waals surface area contributed by atoms with E-state index in [0.717, 1.165) is 12.0 Å². The molecule has 11 nitrogen and oxygen atoms in total. The maximum Gasteiger partial charge on any atom is 0.287 e. The molecule has 224 valence electrons. The Morgan fingerprint density at radius 1 is 0.837 bits per heavy atom. The van der Waals surface area contributed by atoms with Crippen molar-refractivity contribution in [3.8, 4) is 11.5 Å². The third-order valence-corrected chi connectivity index (χ3v) is 6.26. The lowest BCUT2D eigenvalue weighted by atomic mass is 10.2. The maximum atomic E-state index is 13.9. The van der Waals surface area contributed by atoms with Gasteiger partial charge in [-0.2, -0.15) is 14.6 Å². The van der Waals surface area contributed by atoms with E-state index < -0.39 is 11.4 Å². The summed E-state index contributed by atoms with van der Waals surface area (Å²) < 4.78 is 43.8. The van der Waals surface area contributed by atoms with Crippen LogP contribution in [-0.2, 0) is 13.1 Å². The van der Waals surface area contributed by atoms with Gasteiger partial charge in [-0.15, -0.1) is 0 Å². The predicted molar refractivity (Wildman–Crippen MR) is 159 cm³/mol. The molecule has 14 heteroatoms. The largest absolute Gasteiger partial charge is 0.382 e. The second-order valence-electron chi connectivity index (χ2n) is 9.89. The molecular formula is C29H31F3N10O. The van der Waals surface area contributed by atoms with Gasteiger partial charge in [-0.1, -0.05) is 36.4 Å². The van der Waals surface area contributed by atoms with Crippen molar-refractivity contribution in [3.05, 3.63) is 111 Å². The van der Waals surface area contributed by atoms with Crippen molar-refractivity contribution in [2.45, 2.75) is 13.1 Å². The summed E-state index contributed by atoms with van der Waals surface area (Å²) in [6.07, 6.45) is 0.847. The van der Waals surface area contributed by atoms with Crippen LogP contribution in [0.4, 0.5) is 24.8 Å². The van der Waals surface area contributed by atoms with Crippen LogP contribution in [-0.4, -0.2) is 63.6 Å². The average molecular weight is 593 g/mol. The summed E-state index contributed by atoms with van der Waals surface area (Å²) in [4.78, 5) is 21.2. The zero-order valence-electron chi connectivity index (χ0n) is 24.0. The Morgan fingerprint density at radius 3 is 1.84 bits per heavy atom. The minimum Gasteiger partial charge on any atom is -0.382 e. The summed E-state index contributed by atoms with van der Waals surface area (Å²) in [7, 11) is 7.36. The van der Waals surface area contributed by atoms with Gasteiger partial charge in [-0.25, -0.2) is 23.1 Å². The summed E-state index contributed by atoms with van der Waals surface area (Å²) in [5.74, 6) is -0.0436. The first-order chi connectivity index (χ1) is 20.4. The minimum absolute atomic E-state index is 0.101. The van der Waals surface area contributed by atoms with E-state index in [1.807, 2.05) is 33.1 Å². The van der Waals surface area contributed by atoms with E-state index >= 15 is 0 Å². The molecule has 0 bridgehead atoms. The number of nitrogens with zero attached hydrogens (tertiary/aromatic N) is 7. The topological polar surface area (TPSA) is 138 Å². The maximum absolute atomic E-state index is 13.9. The number of aromatic nitrogens is 6. The van der Waals surface area contributed by atoms with Crippen LogP contribution in [0.3, 0.4) is 0 Å². The summed E-state index contributed by atoms with van der Waals surface area (Å²) in [6, 6.07) is 16.4. The predicted octanol–water partition coefficient (Wildman–Crippen LogP) is 3.45. The number of benzene rings is 2. The summed E-state index contributed by atoms with van der Waals surface area (Å²) >= 11 is 0. The number of aromatic amines is 1. The minimum atomic E-state index is -0.961. The van der Waals surface area contributed by atoms with Crippen LogP contribution < -0.4 is 21.1 Å². The van der Waals surface area contributed by atoms with Gasteiger partial charge in [0.15, 0.2) is 5.82 Å². The monoisotopic (exact) mass is 592 g/mol. The molecule has 0 aliphatic heterocycles. The molecule has 5 aromatic rings. The Hall–Kier alpha value is -5.40. The highest BCUT2D eigenvalue weighted by Gasteiger charge is 2.16. The lowest BCUT2D eigenvalue weighted by Gasteiger charge is -2.14. The Kier molecular flexibility index (Phi) is 9.28. The first-order valence-electron chi connectivity index (χ1n) is 13.0. The molecule has 0 saturated carbocycles. The fourth-order valence-electron chi connectivity index (χ4n) is 4.10. The zero-order chi connectivity index (χ0) is 31.3. The van der Waals surface area contributed by atoms with Gasteiger partial charge in [0, 0.05) is 51.5 Å². The molecule has 0 amide bonds. The van der Waals surface area contributed by atoms with E-state index in [-0.39, 0.29) is 29.8 Å². The number of nitrogens with two attached hydrogens (primary N) is 1. The Balaban J connectivity index is 0.000000203. The van der Waals surface area contributed by atoms with Crippen LogP contribution in [0.2, 0.25) is 0 Å². The molecule has 0 fully saturated rings. The first-order valence-corrected chi connectivity index (χ1v) is 13.0. The van der Waals surface area contributed by atoms with Gasteiger partial charge >= 0.3 is 0 Å². The fraction of sp³-hybridized carbons (Fsp3) is 0.207. The Morgan fingerprint density at radius 2 is 1.35 bits per heavy atom. The lowest BCUT2D eigenvalue weighted by molar-refractivity contribution is 0.584. The molecule has 4 N–H and O–H groups in total. The average Bonchev–Trinajstić information content (AvgIpc) is 3.58. The summed E-state index contributed by atoms with van der Waals surface area (Å²) in [5.41, 5.74) is 6.35. The van der Waals surface area contributed by atoms with Crippen LogP contribution in [0.25, 0.3) is 11.5 Å². The van der Waals surface area contributed by atoms with Crippen molar-refractivity contribution in [1.82, 2.24) is 29.5 Å². The molecule has 3 aromatic heterocycles. The number of hydrogen-bond acceptors (Lipinski definition) is 7. The number of halogens is 3. The molecule has 0 aliphatic carbocycles. The molecule has 0 radical (unpaired) electrons. The molecule has 0 aliphatic rings. The van der Waals surface area contributed by atoms with Crippen molar-refractivity contribution in [3.63, 3.8) is 0 Å². The van der Waals surface area contributed by atoms with E-state index in [0.29, 0.717) is 34.9 Å². The third-order valence-electron chi connectivity index (χ3n) is 6.26. The smallest absolute Gasteiger partial charge is 0.287 e. The van der Waals surface area contributed by atoms with Gasteiger partial charge in [-0.3, -0.25) is 10.2 Å². The molecule has 43 heavy (non-hydrogen) atoms. The standard InChI is InChI=1S/C16H15F2N5O.C13H16FN5/c1-22(2)14-7-13(15-19-8-12(18)16(24)20-15)21-23(14)9-10-5-3-4-6-11(10)17;1-18(2)12-7-11(13(15)16)17-19(12)8-9-5-3-4-6-10(9)14/h3-8H,9H2,1-2H3,(H,19,20,24);3-7H,8H2,1-2H3,(H3,15,16). The number of nitrogen functional groups attached to an aromatic ring is 1. The molecule has 0 spiro atoms. The van der Waals surface area contributed by atoms with Gasteiger partial charge in [0.1, 0.15) is 40.5 Å². The number of anilines is 2. The second kappa shape index (κ2) is 13.1. The molecule has 3 heterocycles. The summed E-state index contributed by atoms with van der Waals surface area (Å²) in [6.45, 7) is 0.513. The highest BCUT2D eigenvalue weighted by molar-refractivity contribution is 5.93. The van der Waals surface area contributed by atoms with Gasteiger partial charge in [0.05, 0.1) is 19.3 Å². The lowest BCUT2D eigenvalue weighted by Crippen LogP contribution is -2.16. The van der Waals surface area contributed by atoms with Crippen LogP contribution in [0.1, 0.15) is 16.8 Å². The normalized spacial score (nSPS) is 10.7. The van der Waals surface area contributed by atoms with Crippen LogP contribution in [0.15, 0.2) is 71.7 Å². The van der Waals surface area contributed by atoms with Gasteiger partial charge < -0.3 is 20.5 Å². The molecule has 2 aromatic carbocycles. The highest BCUT2D eigenvalue weighted by Crippen LogP contribution is 2.22. The van der Waals surface area contributed by atoms with E-state index in [9.17, 15) is 18.0 Å². The van der Waals surface area contributed by atoms with Crippen molar-refractivity contribution >= 4 is 17.5 Å². The van der Waals surface area contributed by atoms with Crippen molar-refractivity contribution in [2.75, 3.05) is 38.0 Å². The van der Waals surface area contributed by atoms with E-state index in [1.165, 1.54) is 12.1 Å². The molecule has 0 unspecified atom stereocenters. The quantitative estimate of drug-likeness (QED) is 0.185. The van der Waals surface area contributed by atoms with Gasteiger partial charge in [-0.05, 0) is 12.1 Å². The van der Waals surface area contributed by atoms with E-state index in [2.05, 4.69) is 20.2 Å². The molecule has 5 rings (SSSR count). The van der Waals surface area contributed by atoms with Crippen molar-refractivity contribution in [2.24, 2.45) is 5.73 Å². The molecule has 0 saturated heterocycles. The van der Waals surface area contributed by atoms with Crippen LogP contribution in [0, 0.1) is 22.9 Å². The van der Waals surface area contributed by atoms with Crippen LogP contribution in [0.5, 0.6) is 0 Å². The van der Waals surface area contributed by atoms with E-state index in [4.69, 9.17) is 11.1 Å². The van der Waals surface area contributed by atoms with Gasteiger partial charge in [0.25, 0.3) is 5.56 Å². The first kappa shape index (κ1) is 30.6. The van der Waals surface area contributed by atoms with Gasteiger partial charge in [0.2, 0.25) is 5.82 Å². The number of H-pyrrole nitrogens is 1. The number of hydrogen-bond donors (Lipinski definition) is 3. The zero-order valence-corrected chi connectivity index (χ0v) is 24.0. The Bertz CT molecular complexity index is 1790. The van der Waals surface area contributed by atoms with Crippen molar-refractivity contribution in [1.29, 1.82) is 5.41 Å². The second-order valence-corrected chi connectivity index (χ2v) is 9.89. The summed E-state index contributed by atoms with van der Waals surface area (Å²) in [5, 5.41) is 16.0. The number of rotatable bonds is 8. The number of nitrogens with one attached hydrogen (secondary N) is 2. The highest BCUT2D eigenvalue weighted by atomic mass is 19.1. The van der Waals surface area contributed by atoms with Crippen molar-refractivity contribution < 1.29 is 13.2 Å². The Labute approximate surface area is 245 Å². The van der Waals surface area contributed by atoms with Crippen LogP contribution >= 0.6 is 0 Å². The van der Waals surface area contributed by atoms with E-state index in [1.54, 1.807) is 62.8 Å². The molecule has 0 atom stereocenters.